The summed E-state index contributed by atoms with van der Waals surface area (Å²) in [5, 5.41) is 3.20. The van der Waals surface area contributed by atoms with E-state index >= 15 is 0 Å². The number of allylic oxidation sites excluding steroid dienone is 1. The van der Waals surface area contributed by atoms with Crippen LogP contribution in [0.4, 0.5) is 14.5 Å². The molecule has 0 aliphatic rings. The minimum atomic E-state index is -2.84. The van der Waals surface area contributed by atoms with Gasteiger partial charge in [-0.3, -0.25) is 0 Å². The first-order valence-corrected chi connectivity index (χ1v) is 9.14. The molecule has 0 saturated carbocycles. The van der Waals surface area contributed by atoms with Gasteiger partial charge in [0.2, 0.25) is 0 Å². The molecule has 0 bridgehead atoms. The lowest BCUT2D eigenvalue weighted by Gasteiger charge is -2.32. The molecule has 1 atom stereocenters. The van der Waals surface area contributed by atoms with Crippen molar-refractivity contribution in [3.63, 3.8) is 0 Å². The van der Waals surface area contributed by atoms with Gasteiger partial charge in [-0.2, -0.15) is 0 Å². The second kappa shape index (κ2) is 10.1. The highest BCUT2D eigenvalue weighted by Gasteiger charge is 2.24. The lowest BCUT2D eigenvalue weighted by Crippen LogP contribution is -2.41. The second-order valence-electron chi connectivity index (χ2n) is 6.46. The highest BCUT2D eigenvalue weighted by Crippen LogP contribution is 2.28. The van der Waals surface area contributed by atoms with E-state index in [0.29, 0.717) is 17.4 Å². The molecule has 0 spiro atoms. The SMILES string of the molecule is C=C(Nc1ccc(C(C)(F)F)cc1)C(=N/C=C\C)N(CCC)C(C)CC. The molecule has 0 fully saturated rings. The fourth-order valence-electron chi connectivity index (χ4n) is 2.54. The molecule has 3 nitrogen and oxygen atoms in total. The average molecular weight is 363 g/mol. The third kappa shape index (κ3) is 6.28. The van der Waals surface area contributed by atoms with Crippen molar-refractivity contribution in [2.45, 2.75) is 59.4 Å². The summed E-state index contributed by atoms with van der Waals surface area (Å²) in [4.78, 5) is 6.79. The lowest BCUT2D eigenvalue weighted by atomic mass is 10.1. The van der Waals surface area contributed by atoms with E-state index in [9.17, 15) is 8.78 Å². The first-order valence-electron chi connectivity index (χ1n) is 9.14. The van der Waals surface area contributed by atoms with Crippen molar-refractivity contribution in [1.29, 1.82) is 0 Å². The maximum absolute atomic E-state index is 13.4. The molecule has 1 aromatic rings. The fraction of sp³-hybridized carbons (Fsp3) is 0.476. The number of rotatable bonds is 9. The summed E-state index contributed by atoms with van der Waals surface area (Å²) in [7, 11) is 0. The summed E-state index contributed by atoms with van der Waals surface area (Å²) in [5.74, 6) is -2.08. The molecule has 1 unspecified atom stereocenters. The van der Waals surface area contributed by atoms with Crippen LogP contribution in [0.3, 0.4) is 0 Å². The Morgan fingerprint density at radius 1 is 1.31 bits per heavy atom. The zero-order valence-electron chi connectivity index (χ0n) is 16.5. The molecule has 0 amide bonds. The maximum Gasteiger partial charge on any atom is 0.270 e. The normalized spacial score (nSPS) is 13.7. The van der Waals surface area contributed by atoms with Gasteiger partial charge in [0.05, 0.1) is 5.70 Å². The van der Waals surface area contributed by atoms with Crippen LogP contribution in [0.1, 0.15) is 53.0 Å². The van der Waals surface area contributed by atoms with E-state index in [-0.39, 0.29) is 5.56 Å². The number of anilines is 1. The van der Waals surface area contributed by atoms with Gasteiger partial charge in [0.15, 0.2) is 5.84 Å². The molecule has 0 aliphatic carbocycles. The standard InChI is InChI=1S/C21H31F2N3/c1-7-14-24-20(26(15-8-2)16(4)9-3)17(5)25-19-12-10-18(11-13-19)21(6,22)23/h7,10-14,16,25H,5,8-9,15H2,1-4,6H3/b14-7-,24-20?. The van der Waals surface area contributed by atoms with Crippen LogP contribution >= 0.6 is 0 Å². The van der Waals surface area contributed by atoms with E-state index in [0.717, 1.165) is 32.1 Å². The lowest BCUT2D eigenvalue weighted by molar-refractivity contribution is 0.0175. The predicted octanol–water partition coefficient (Wildman–Crippen LogP) is 6.17. The van der Waals surface area contributed by atoms with Gasteiger partial charge in [0.25, 0.3) is 5.92 Å². The first kappa shape index (κ1) is 21.9. The largest absolute Gasteiger partial charge is 0.353 e. The van der Waals surface area contributed by atoms with Gasteiger partial charge in [-0.1, -0.05) is 38.6 Å². The smallest absolute Gasteiger partial charge is 0.270 e. The van der Waals surface area contributed by atoms with Crippen LogP contribution in [-0.4, -0.2) is 23.3 Å². The van der Waals surface area contributed by atoms with Crippen LogP contribution in [0.15, 0.2) is 53.8 Å². The van der Waals surface area contributed by atoms with Crippen LogP contribution in [-0.2, 0) is 5.92 Å². The highest BCUT2D eigenvalue weighted by molar-refractivity contribution is 6.00. The maximum atomic E-state index is 13.4. The van der Waals surface area contributed by atoms with Crippen molar-refractivity contribution < 1.29 is 8.78 Å². The molecule has 0 aromatic heterocycles. The van der Waals surface area contributed by atoms with Crippen LogP contribution in [0.25, 0.3) is 0 Å². The van der Waals surface area contributed by atoms with Gasteiger partial charge in [-0.25, -0.2) is 13.8 Å². The number of alkyl halides is 2. The zero-order valence-corrected chi connectivity index (χ0v) is 16.5. The molecule has 0 aliphatic heterocycles. The van der Waals surface area contributed by atoms with Gasteiger partial charge in [0, 0.05) is 37.0 Å². The number of nitrogens with one attached hydrogen (secondary N) is 1. The number of aliphatic imine (C=N–C) groups is 1. The van der Waals surface area contributed by atoms with Gasteiger partial charge < -0.3 is 10.2 Å². The molecule has 5 heteroatoms. The molecular weight excluding hydrogens is 332 g/mol. The van der Waals surface area contributed by atoms with E-state index in [2.05, 4.69) is 42.6 Å². The molecule has 0 heterocycles. The van der Waals surface area contributed by atoms with Gasteiger partial charge in [-0.05, 0) is 38.8 Å². The number of hydrogen-bond acceptors (Lipinski definition) is 2. The Hall–Kier alpha value is -2.17. The predicted molar refractivity (Wildman–Crippen MR) is 108 cm³/mol. The van der Waals surface area contributed by atoms with E-state index in [4.69, 9.17) is 0 Å². The molecule has 1 aromatic carbocycles. The van der Waals surface area contributed by atoms with Gasteiger partial charge >= 0.3 is 0 Å². The van der Waals surface area contributed by atoms with Crippen molar-refractivity contribution in [2.24, 2.45) is 4.99 Å². The Morgan fingerprint density at radius 2 is 1.92 bits per heavy atom. The van der Waals surface area contributed by atoms with Gasteiger partial charge in [0.1, 0.15) is 0 Å². The fourth-order valence-corrected chi connectivity index (χ4v) is 2.54. The Labute approximate surface area is 156 Å². The van der Waals surface area contributed by atoms with E-state index in [1.807, 2.05) is 13.0 Å². The van der Waals surface area contributed by atoms with Crippen LogP contribution in [0.2, 0.25) is 0 Å². The summed E-state index contributed by atoms with van der Waals surface area (Å²) in [6.45, 7) is 14.2. The van der Waals surface area contributed by atoms with Crippen molar-refractivity contribution in [3.05, 3.63) is 54.4 Å². The van der Waals surface area contributed by atoms with E-state index in [1.54, 1.807) is 18.3 Å². The number of benzene rings is 1. The topological polar surface area (TPSA) is 27.6 Å². The van der Waals surface area contributed by atoms with Crippen molar-refractivity contribution in [2.75, 3.05) is 11.9 Å². The van der Waals surface area contributed by atoms with Crippen LogP contribution in [0, 0.1) is 0 Å². The Balaban J connectivity index is 3.06. The summed E-state index contributed by atoms with van der Waals surface area (Å²) in [5.41, 5.74) is 1.34. The summed E-state index contributed by atoms with van der Waals surface area (Å²) >= 11 is 0. The van der Waals surface area contributed by atoms with Gasteiger partial charge in [-0.15, -0.1) is 0 Å². The van der Waals surface area contributed by atoms with E-state index in [1.165, 1.54) is 12.1 Å². The number of nitrogens with zero attached hydrogens (tertiary/aromatic N) is 2. The third-order valence-electron chi connectivity index (χ3n) is 4.16. The molecule has 0 saturated heterocycles. The monoisotopic (exact) mass is 363 g/mol. The minimum absolute atomic E-state index is 0.0105. The number of amidine groups is 1. The molecule has 26 heavy (non-hydrogen) atoms. The second-order valence-corrected chi connectivity index (χ2v) is 6.46. The van der Waals surface area contributed by atoms with Crippen LogP contribution < -0.4 is 5.32 Å². The average Bonchev–Trinajstić information content (AvgIpc) is 2.60. The number of hydrogen-bond donors (Lipinski definition) is 1. The molecule has 0 radical (unpaired) electrons. The van der Waals surface area contributed by atoms with Crippen molar-refractivity contribution in [1.82, 2.24) is 4.90 Å². The third-order valence-corrected chi connectivity index (χ3v) is 4.16. The quantitative estimate of drug-likeness (QED) is 0.420. The Morgan fingerprint density at radius 3 is 2.38 bits per heavy atom. The Kier molecular flexibility index (Phi) is 8.49. The molecule has 1 rings (SSSR count). The molecule has 1 N–H and O–H groups in total. The highest BCUT2D eigenvalue weighted by atomic mass is 19.3. The van der Waals surface area contributed by atoms with Crippen LogP contribution in [0.5, 0.6) is 0 Å². The van der Waals surface area contributed by atoms with E-state index < -0.39 is 5.92 Å². The molecule has 144 valence electrons. The summed E-state index contributed by atoms with van der Waals surface area (Å²) in [6.07, 6.45) is 5.59. The van der Waals surface area contributed by atoms with Crippen molar-refractivity contribution >= 4 is 11.5 Å². The summed E-state index contributed by atoms with van der Waals surface area (Å²) < 4.78 is 26.7. The Bertz CT molecular complexity index is 628. The summed E-state index contributed by atoms with van der Waals surface area (Å²) in [6, 6.07) is 6.45. The number of halogens is 2. The molecular formula is C21H31F2N3. The zero-order chi connectivity index (χ0) is 19.7. The first-order chi connectivity index (χ1) is 12.2. The van der Waals surface area contributed by atoms with Crippen molar-refractivity contribution in [3.8, 4) is 0 Å². The minimum Gasteiger partial charge on any atom is -0.353 e.